The van der Waals surface area contributed by atoms with Gasteiger partial charge in [-0.1, -0.05) is 0 Å². The molecular formula is C6Cl3N9. The molecule has 0 unspecified atom stereocenters. The Hall–Kier alpha value is -2.25. The van der Waals surface area contributed by atoms with E-state index in [2.05, 4.69) is 15.0 Å². The number of nitriles is 3. The van der Waals surface area contributed by atoms with Crippen molar-refractivity contribution in [3.8, 4) is 18.6 Å². The van der Waals surface area contributed by atoms with E-state index in [0.29, 0.717) is 13.3 Å². The predicted octanol–water partition coefficient (Wildman–Crippen LogP) is 1.20. The smallest absolute Gasteiger partial charge is 0.173 e. The quantitative estimate of drug-likeness (QED) is 0.460. The average molecular weight is 304 g/mol. The highest BCUT2D eigenvalue weighted by atomic mass is 35.5. The Morgan fingerprint density at radius 3 is 1.06 bits per heavy atom. The monoisotopic (exact) mass is 303 g/mol. The Balaban J connectivity index is 3.36. The van der Waals surface area contributed by atoms with E-state index in [-0.39, 0.29) is 17.8 Å². The largest absolute Gasteiger partial charge is 0.261 e. The topological polar surface area (TPSA) is 120 Å². The number of hydrogen-bond donors (Lipinski definition) is 0. The molecule has 1 heterocycles. The van der Waals surface area contributed by atoms with Crippen molar-refractivity contribution in [2.24, 2.45) is 0 Å². The summed E-state index contributed by atoms with van der Waals surface area (Å²) in [5, 5.41) is 25.7. The van der Waals surface area contributed by atoms with Crippen LogP contribution < -0.4 is 13.3 Å². The van der Waals surface area contributed by atoms with Crippen LogP contribution in [-0.2, 0) is 0 Å². The highest BCUT2D eigenvalue weighted by Crippen LogP contribution is 2.20. The molecule has 0 aliphatic carbocycles. The summed E-state index contributed by atoms with van der Waals surface area (Å²) in [6.07, 6.45) is 4.52. The van der Waals surface area contributed by atoms with Gasteiger partial charge in [-0.15, -0.1) is 0 Å². The second kappa shape index (κ2) is 5.89. The molecule has 0 aliphatic rings. The molecule has 0 amide bonds. The van der Waals surface area contributed by atoms with Gasteiger partial charge >= 0.3 is 0 Å². The van der Waals surface area contributed by atoms with Gasteiger partial charge in [0.2, 0.25) is 18.6 Å². The minimum absolute atomic E-state index is 0.346. The Morgan fingerprint density at radius 2 is 0.889 bits per heavy atom. The molecule has 90 valence electrons. The van der Waals surface area contributed by atoms with E-state index in [9.17, 15) is 0 Å². The lowest BCUT2D eigenvalue weighted by Gasteiger charge is -2.10. The summed E-state index contributed by atoms with van der Waals surface area (Å²) >= 11 is 16.4. The number of anilines is 3. The van der Waals surface area contributed by atoms with Crippen LogP contribution in [0.1, 0.15) is 0 Å². The van der Waals surface area contributed by atoms with Gasteiger partial charge < -0.3 is 0 Å². The summed E-state index contributed by atoms with van der Waals surface area (Å²) in [7, 11) is 0. The molecule has 0 aliphatic heterocycles. The van der Waals surface area contributed by atoms with Gasteiger partial charge in [0.1, 0.15) is 0 Å². The first-order valence-electron chi connectivity index (χ1n) is 3.86. The van der Waals surface area contributed by atoms with Crippen LogP contribution in [0.4, 0.5) is 17.8 Å². The van der Waals surface area contributed by atoms with Crippen molar-refractivity contribution in [3.63, 3.8) is 0 Å². The number of hydrogen-bond acceptors (Lipinski definition) is 9. The number of halogens is 3. The summed E-state index contributed by atoms with van der Waals surface area (Å²) in [5.41, 5.74) is 0. The normalized spacial score (nSPS) is 8.67. The van der Waals surface area contributed by atoms with E-state index in [4.69, 9.17) is 51.1 Å². The zero-order valence-corrected chi connectivity index (χ0v) is 10.4. The van der Waals surface area contributed by atoms with Gasteiger partial charge in [-0.2, -0.15) is 44.0 Å². The Morgan fingerprint density at radius 1 is 0.667 bits per heavy atom. The van der Waals surface area contributed by atoms with Crippen LogP contribution in [0.25, 0.3) is 0 Å². The lowest BCUT2D eigenvalue weighted by molar-refractivity contribution is 1.01. The summed E-state index contributed by atoms with van der Waals surface area (Å²) in [6, 6.07) is 0. The summed E-state index contributed by atoms with van der Waals surface area (Å²) in [5.74, 6) is -1.04. The molecule has 1 aromatic heterocycles. The van der Waals surface area contributed by atoms with E-state index in [1.165, 1.54) is 18.6 Å². The van der Waals surface area contributed by atoms with Crippen molar-refractivity contribution in [1.82, 2.24) is 15.0 Å². The summed E-state index contributed by atoms with van der Waals surface area (Å²) in [4.78, 5) is 10.9. The maximum absolute atomic E-state index is 8.58. The predicted molar refractivity (Wildman–Crippen MR) is 61.7 cm³/mol. The highest BCUT2D eigenvalue weighted by Gasteiger charge is 2.18. The van der Waals surface area contributed by atoms with Crippen molar-refractivity contribution in [1.29, 1.82) is 15.8 Å². The molecule has 0 saturated heterocycles. The van der Waals surface area contributed by atoms with Crippen LogP contribution in [0.15, 0.2) is 0 Å². The fourth-order valence-corrected chi connectivity index (χ4v) is 0.968. The zero-order chi connectivity index (χ0) is 13.7. The minimum Gasteiger partial charge on any atom is -0.173 e. The van der Waals surface area contributed by atoms with Crippen molar-refractivity contribution in [2.75, 3.05) is 13.3 Å². The van der Waals surface area contributed by atoms with E-state index in [0.717, 1.165) is 0 Å². The SMILES string of the molecule is N#CN(Cl)c1nc(N(Cl)C#N)nc(N(Cl)C#N)n1. The van der Waals surface area contributed by atoms with Crippen LogP contribution in [0.5, 0.6) is 0 Å². The van der Waals surface area contributed by atoms with Crippen LogP contribution in [0.3, 0.4) is 0 Å². The molecule has 0 bridgehead atoms. The molecule has 0 saturated carbocycles. The minimum atomic E-state index is -0.346. The highest BCUT2D eigenvalue weighted by molar-refractivity contribution is 6.28. The molecule has 18 heavy (non-hydrogen) atoms. The fourth-order valence-electron chi connectivity index (χ4n) is 0.741. The molecule has 12 heteroatoms. The summed E-state index contributed by atoms with van der Waals surface area (Å²) in [6.45, 7) is 0. The Bertz CT molecular complexity index is 476. The molecule has 0 spiro atoms. The third-order valence-electron chi connectivity index (χ3n) is 1.39. The first-order valence-corrected chi connectivity index (χ1v) is 4.88. The van der Waals surface area contributed by atoms with Gasteiger partial charge in [-0.25, -0.2) is 0 Å². The Labute approximate surface area is 116 Å². The molecule has 0 fully saturated rings. The van der Waals surface area contributed by atoms with Crippen molar-refractivity contribution < 1.29 is 0 Å². The zero-order valence-electron chi connectivity index (χ0n) is 8.16. The van der Waals surface area contributed by atoms with Crippen LogP contribution >= 0.6 is 35.3 Å². The van der Waals surface area contributed by atoms with Crippen LogP contribution in [-0.4, -0.2) is 15.0 Å². The van der Waals surface area contributed by atoms with Crippen molar-refractivity contribution in [2.45, 2.75) is 0 Å². The average Bonchev–Trinajstić information content (AvgIpc) is 2.43. The van der Waals surface area contributed by atoms with Crippen LogP contribution in [0, 0.1) is 34.4 Å². The molecule has 1 rings (SSSR count). The standard InChI is InChI=1S/C6Cl3N9/c7-16(1-10)4-13-5(17(8)2-11)15-6(14-4)18(9)3-12. The van der Waals surface area contributed by atoms with Gasteiger partial charge in [0.15, 0.2) is 0 Å². The first kappa shape index (κ1) is 13.8. The molecule has 0 atom stereocenters. The van der Waals surface area contributed by atoms with Gasteiger partial charge in [0.25, 0.3) is 17.8 Å². The lowest BCUT2D eigenvalue weighted by Crippen LogP contribution is -2.15. The first-order chi connectivity index (χ1) is 8.53. The van der Waals surface area contributed by atoms with Gasteiger partial charge in [-0.05, 0) is 0 Å². The van der Waals surface area contributed by atoms with Crippen molar-refractivity contribution in [3.05, 3.63) is 0 Å². The number of aromatic nitrogens is 3. The van der Waals surface area contributed by atoms with E-state index in [1.807, 2.05) is 0 Å². The lowest BCUT2D eigenvalue weighted by atomic mass is 10.8. The third kappa shape index (κ3) is 2.90. The van der Waals surface area contributed by atoms with E-state index >= 15 is 0 Å². The molecule has 9 nitrogen and oxygen atoms in total. The Kier molecular flexibility index (Phi) is 4.52. The second-order valence-corrected chi connectivity index (χ2v) is 3.39. The maximum Gasteiger partial charge on any atom is 0.261 e. The number of rotatable bonds is 3. The van der Waals surface area contributed by atoms with Crippen LogP contribution in [0.2, 0.25) is 0 Å². The molecule has 0 aromatic carbocycles. The van der Waals surface area contributed by atoms with Gasteiger partial charge in [0, 0.05) is 35.3 Å². The second-order valence-electron chi connectivity index (χ2n) is 2.38. The molecular weight excluding hydrogens is 304 g/mol. The summed E-state index contributed by atoms with van der Waals surface area (Å²) < 4.78 is 1.37. The van der Waals surface area contributed by atoms with E-state index in [1.54, 1.807) is 0 Å². The third-order valence-corrected chi connectivity index (χ3v) is 2.07. The number of nitrogens with zero attached hydrogens (tertiary/aromatic N) is 9. The maximum atomic E-state index is 8.58. The molecule has 0 radical (unpaired) electrons. The van der Waals surface area contributed by atoms with E-state index < -0.39 is 0 Å². The van der Waals surface area contributed by atoms with Gasteiger partial charge in [-0.3, -0.25) is 0 Å². The molecule has 1 aromatic rings. The molecule has 0 N–H and O–H groups in total. The van der Waals surface area contributed by atoms with Crippen molar-refractivity contribution >= 4 is 53.2 Å². The van der Waals surface area contributed by atoms with Gasteiger partial charge in [0.05, 0.1) is 0 Å². The fraction of sp³-hybridized carbons (Fsp3) is 0.